The number of nitrogens with one attached hydrogen (secondary N) is 1. The summed E-state index contributed by atoms with van der Waals surface area (Å²) in [5, 5.41) is 3.46. The molecule has 6 heteroatoms. The maximum absolute atomic E-state index is 13.1. The van der Waals surface area contributed by atoms with Crippen molar-refractivity contribution in [3.8, 4) is 5.75 Å². The van der Waals surface area contributed by atoms with E-state index in [2.05, 4.69) is 11.4 Å². The maximum atomic E-state index is 13.1. The molecule has 0 aliphatic heterocycles. The number of ether oxygens (including phenoxy) is 1. The number of benzene rings is 2. The third-order valence-electron chi connectivity index (χ3n) is 4.96. The van der Waals surface area contributed by atoms with E-state index in [1.165, 1.54) is 4.90 Å². The van der Waals surface area contributed by atoms with E-state index >= 15 is 0 Å². The molecule has 0 aliphatic rings. The van der Waals surface area contributed by atoms with Crippen LogP contribution in [0.4, 0.5) is 0 Å². The number of carbonyl (C=O) groups is 2. The van der Waals surface area contributed by atoms with E-state index in [-0.39, 0.29) is 31.0 Å². The predicted molar refractivity (Wildman–Crippen MR) is 121 cm³/mol. The SMILES string of the molecule is Cc1cc(C)c(C)c(OCC(=O)N(Cc2cccc(Cl)c2)C(C)C(=O)NC(C)C)c1. The minimum atomic E-state index is -0.650. The molecule has 5 nitrogen and oxygen atoms in total. The summed E-state index contributed by atoms with van der Waals surface area (Å²) < 4.78 is 5.86. The molecule has 1 atom stereocenters. The van der Waals surface area contributed by atoms with Gasteiger partial charge in [0.05, 0.1) is 0 Å². The van der Waals surface area contributed by atoms with Crippen molar-refractivity contribution >= 4 is 23.4 Å². The molecule has 2 rings (SSSR count). The van der Waals surface area contributed by atoms with Gasteiger partial charge in [0.25, 0.3) is 5.91 Å². The summed E-state index contributed by atoms with van der Waals surface area (Å²) in [5.41, 5.74) is 4.03. The Morgan fingerprint density at radius 2 is 1.80 bits per heavy atom. The summed E-state index contributed by atoms with van der Waals surface area (Å²) in [6.07, 6.45) is 0. The fourth-order valence-electron chi connectivity index (χ4n) is 3.19. The number of aryl methyl sites for hydroxylation is 2. The number of amides is 2. The Bertz CT molecular complexity index is 911. The first-order valence-corrected chi connectivity index (χ1v) is 10.5. The van der Waals surface area contributed by atoms with Gasteiger partial charge in [0.1, 0.15) is 11.8 Å². The Kier molecular flexibility index (Phi) is 8.30. The fourth-order valence-corrected chi connectivity index (χ4v) is 3.41. The quantitative estimate of drug-likeness (QED) is 0.666. The van der Waals surface area contributed by atoms with E-state index in [4.69, 9.17) is 16.3 Å². The van der Waals surface area contributed by atoms with Crippen LogP contribution in [0, 0.1) is 20.8 Å². The van der Waals surface area contributed by atoms with E-state index in [1.807, 2.05) is 52.8 Å². The van der Waals surface area contributed by atoms with Gasteiger partial charge in [0.15, 0.2) is 6.61 Å². The van der Waals surface area contributed by atoms with Crippen LogP contribution >= 0.6 is 11.6 Å². The van der Waals surface area contributed by atoms with Crippen molar-refractivity contribution in [1.29, 1.82) is 0 Å². The van der Waals surface area contributed by atoms with Crippen LogP contribution in [0.3, 0.4) is 0 Å². The average molecular weight is 431 g/mol. The van der Waals surface area contributed by atoms with Gasteiger partial charge in [-0.2, -0.15) is 0 Å². The van der Waals surface area contributed by atoms with Gasteiger partial charge in [-0.05, 0) is 82.0 Å². The number of halogens is 1. The second kappa shape index (κ2) is 10.5. The van der Waals surface area contributed by atoms with E-state index in [0.29, 0.717) is 10.8 Å². The minimum absolute atomic E-state index is 0.0164. The minimum Gasteiger partial charge on any atom is -0.483 e. The molecule has 2 aromatic carbocycles. The molecule has 0 fully saturated rings. The highest BCUT2D eigenvalue weighted by Crippen LogP contribution is 2.23. The summed E-state index contributed by atoms with van der Waals surface area (Å²) in [6.45, 7) is 11.6. The molecule has 0 heterocycles. The van der Waals surface area contributed by atoms with Crippen LogP contribution < -0.4 is 10.1 Å². The second-order valence-corrected chi connectivity index (χ2v) is 8.42. The molecule has 0 bridgehead atoms. The molecular weight excluding hydrogens is 400 g/mol. The zero-order valence-electron chi connectivity index (χ0n) is 18.6. The normalized spacial score (nSPS) is 11.9. The van der Waals surface area contributed by atoms with Crippen molar-refractivity contribution < 1.29 is 14.3 Å². The number of hydrogen-bond acceptors (Lipinski definition) is 3. The predicted octanol–water partition coefficient (Wildman–Crippen LogP) is 4.59. The van der Waals surface area contributed by atoms with Gasteiger partial charge in [-0.15, -0.1) is 0 Å². The number of carbonyl (C=O) groups excluding carboxylic acids is 2. The van der Waals surface area contributed by atoms with Crippen LogP contribution in [0.25, 0.3) is 0 Å². The van der Waals surface area contributed by atoms with Crippen LogP contribution in [0.15, 0.2) is 36.4 Å². The molecule has 0 saturated heterocycles. The topological polar surface area (TPSA) is 58.6 Å². The summed E-state index contributed by atoms with van der Waals surface area (Å²) in [7, 11) is 0. The zero-order valence-corrected chi connectivity index (χ0v) is 19.3. The van der Waals surface area contributed by atoms with Gasteiger partial charge in [-0.25, -0.2) is 0 Å². The number of rotatable bonds is 8. The fraction of sp³-hybridized carbons (Fsp3) is 0.417. The summed E-state index contributed by atoms with van der Waals surface area (Å²) >= 11 is 6.10. The first-order chi connectivity index (χ1) is 14.1. The molecule has 162 valence electrons. The highest BCUT2D eigenvalue weighted by Gasteiger charge is 2.27. The molecule has 0 radical (unpaired) electrons. The van der Waals surface area contributed by atoms with Gasteiger partial charge < -0.3 is 15.0 Å². The van der Waals surface area contributed by atoms with Crippen molar-refractivity contribution in [2.45, 2.75) is 60.2 Å². The Morgan fingerprint density at radius 1 is 1.10 bits per heavy atom. The van der Waals surface area contributed by atoms with E-state index < -0.39 is 6.04 Å². The molecular formula is C24H31ClN2O3. The summed E-state index contributed by atoms with van der Waals surface area (Å²) in [4.78, 5) is 27.2. The molecule has 0 aliphatic carbocycles. The summed E-state index contributed by atoms with van der Waals surface area (Å²) in [6, 6.07) is 10.6. The monoisotopic (exact) mass is 430 g/mol. The van der Waals surface area contributed by atoms with Crippen LogP contribution in [0.2, 0.25) is 5.02 Å². The van der Waals surface area contributed by atoms with E-state index in [1.54, 1.807) is 19.1 Å². The molecule has 0 saturated carbocycles. The Hall–Kier alpha value is -2.53. The van der Waals surface area contributed by atoms with Crippen LogP contribution in [-0.4, -0.2) is 35.4 Å². The number of hydrogen-bond donors (Lipinski definition) is 1. The Morgan fingerprint density at radius 3 is 2.43 bits per heavy atom. The first kappa shape index (κ1) is 23.7. The van der Waals surface area contributed by atoms with Crippen molar-refractivity contribution in [2.24, 2.45) is 0 Å². The van der Waals surface area contributed by atoms with Gasteiger partial charge in [-0.1, -0.05) is 29.8 Å². The molecule has 30 heavy (non-hydrogen) atoms. The van der Waals surface area contributed by atoms with Crippen LogP contribution in [0.1, 0.15) is 43.0 Å². The lowest BCUT2D eigenvalue weighted by Gasteiger charge is -2.29. The zero-order chi connectivity index (χ0) is 22.4. The largest absolute Gasteiger partial charge is 0.483 e. The first-order valence-electron chi connectivity index (χ1n) is 10.1. The Balaban J connectivity index is 2.22. The smallest absolute Gasteiger partial charge is 0.261 e. The van der Waals surface area contributed by atoms with Crippen molar-refractivity contribution in [3.05, 3.63) is 63.7 Å². The molecule has 1 N–H and O–H groups in total. The molecule has 0 spiro atoms. The van der Waals surface area contributed by atoms with Crippen LogP contribution in [-0.2, 0) is 16.1 Å². The van der Waals surface area contributed by atoms with Crippen molar-refractivity contribution in [2.75, 3.05) is 6.61 Å². The maximum Gasteiger partial charge on any atom is 0.261 e. The lowest BCUT2D eigenvalue weighted by Crippen LogP contribution is -2.50. The van der Waals surface area contributed by atoms with Crippen LogP contribution in [0.5, 0.6) is 5.75 Å². The van der Waals surface area contributed by atoms with Gasteiger partial charge >= 0.3 is 0 Å². The highest BCUT2D eigenvalue weighted by molar-refractivity contribution is 6.30. The average Bonchev–Trinajstić information content (AvgIpc) is 2.66. The third-order valence-corrected chi connectivity index (χ3v) is 5.19. The highest BCUT2D eigenvalue weighted by atomic mass is 35.5. The number of nitrogens with zero attached hydrogens (tertiary/aromatic N) is 1. The summed E-state index contributed by atoms with van der Waals surface area (Å²) in [5.74, 6) is 0.214. The van der Waals surface area contributed by atoms with Gasteiger partial charge in [0.2, 0.25) is 5.91 Å². The second-order valence-electron chi connectivity index (χ2n) is 7.98. The third kappa shape index (κ3) is 6.49. The van der Waals surface area contributed by atoms with Gasteiger partial charge in [-0.3, -0.25) is 9.59 Å². The molecule has 0 aromatic heterocycles. The molecule has 2 aromatic rings. The van der Waals surface area contributed by atoms with Crippen molar-refractivity contribution in [3.63, 3.8) is 0 Å². The standard InChI is InChI=1S/C24H31ClN2O3/c1-15(2)26-24(29)19(6)27(13-20-8-7-9-21(25)12-20)23(28)14-30-22-11-16(3)10-17(4)18(22)5/h7-12,15,19H,13-14H2,1-6H3,(H,26,29). The molecule has 1 unspecified atom stereocenters. The van der Waals surface area contributed by atoms with E-state index in [0.717, 1.165) is 22.3 Å². The Labute approximate surface area is 184 Å². The van der Waals surface area contributed by atoms with Gasteiger partial charge in [0, 0.05) is 17.6 Å². The van der Waals surface area contributed by atoms with Crippen molar-refractivity contribution in [1.82, 2.24) is 10.2 Å². The van der Waals surface area contributed by atoms with E-state index in [9.17, 15) is 9.59 Å². The lowest BCUT2D eigenvalue weighted by atomic mass is 10.1. The lowest BCUT2D eigenvalue weighted by molar-refractivity contribution is -0.142. The molecule has 2 amide bonds.